The minimum absolute atomic E-state index is 0.170. The van der Waals surface area contributed by atoms with E-state index in [2.05, 4.69) is 114 Å². The topological polar surface area (TPSA) is 20.2 Å². The Morgan fingerprint density at radius 3 is 1.97 bits per heavy atom. The average Bonchev–Trinajstić information content (AvgIpc) is 3.36. The first-order chi connectivity index (χ1) is 18.6. The van der Waals surface area contributed by atoms with Crippen LogP contribution in [0.15, 0.2) is 85.1 Å². The lowest BCUT2D eigenvalue weighted by Crippen LogP contribution is -2.52. The minimum atomic E-state index is -0.170. The van der Waals surface area contributed by atoms with Crippen molar-refractivity contribution in [1.82, 2.24) is 14.8 Å². The van der Waals surface area contributed by atoms with Crippen LogP contribution in [0.5, 0.6) is 0 Å². The first-order valence-corrected chi connectivity index (χ1v) is 14.2. The van der Waals surface area contributed by atoms with Gasteiger partial charge in [-0.25, -0.2) is 0 Å². The molecule has 0 bridgehead atoms. The number of benzene rings is 3. The second kappa shape index (κ2) is 9.96. The van der Waals surface area contributed by atoms with Gasteiger partial charge in [-0.15, -0.1) is 0 Å². The fourth-order valence-corrected chi connectivity index (χ4v) is 6.96. The van der Waals surface area contributed by atoms with Crippen molar-refractivity contribution in [1.29, 1.82) is 0 Å². The molecular weight excluding hydrogens is 462 g/mol. The maximum absolute atomic E-state index is 4.63. The predicted molar refractivity (Wildman–Crippen MR) is 162 cm³/mol. The molecule has 6 rings (SSSR count). The van der Waals surface area contributed by atoms with Crippen LogP contribution in [0.25, 0.3) is 35.1 Å². The molecule has 1 fully saturated rings. The highest BCUT2D eigenvalue weighted by atomic mass is 15.3. The van der Waals surface area contributed by atoms with Crippen molar-refractivity contribution >= 4 is 23.9 Å². The third-order valence-corrected chi connectivity index (χ3v) is 8.88. The monoisotopic (exact) mass is 501 g/mol. The molecule has 194 valence electrons. The van der Waals surface area contributed by atoms with Gasteiger partial charge in [0.25, 0.3) is 0 Å². The van der Waals surface area contributed by atoms with E-state index in [1.807, 2.05) is 0 Å². The average molecular weight is 502 g/mol. The molecular formula is C35H39N3. The maximum Gasteiger partial charge on any atom is 0.0604 e. The summed E-state index contributed by atoms with van der Waals surface area (Å²) in [5.41, 5.74) is 6.51. The second-order valence-electron chi connectivity index (χ2n) is 11.1. The Hall–Kier alpha value is -3.56. The van der Waals surface area contributed by atoms with E-state index in [0.29, 0.717) is 6.04 Å². The van der Waals surface area contributed by atoms with E-state index in [4.69, 9.17) is 0 Å². The first kappa shape index (κ1) is 24.8. The van der Waals surface area contributed by atoms with Crippen molar-refractivity contribution < 1.29 is 0 Å². The van der Waals surface area contributed by atoms with Crippen LogP contribution in [0, 0.1) is 0 Å². The highest BCUT2D eigenvalue weighted by Crippen LogP contribution is 2.54. The fraction of sp³-hybridized carbons (Fsp3) is 0.314. The zero-order valence-electron chi connectivity index (χ0n) is 22.7. The van der Waals surface area contributed by atoms with Gasteiger partial charge >= 0.3 is 0 Å². The smallest absolute Gasteiger partial charge is 0.0604 e. The highest BCUT2D eigenvalue weighted by Gasteiger charge is 2.44. The lowest BCUT2D eigenvalue weighted by Gasteiger charge is -2.41. The number of hydrogen-bond acceptors (Lipinski definition) is 2. The number of aromatic nitrogens is 1. The Kier molecular flexibility index (Phi) is 6.49. The van der Waals surface area contributed by atoms with E-state index < -0.39 is 0 Å². The summed E-state index contributed by atoms with van der Waals surface area (Å²) in [6, 6.07) is 26.9. The number of nitrogens with one attached hydrogen (secondary N) is 1. The zero-order valence-corrected chi connectivity index (χ0v) is 22.7. The molecule has 0 atom stereocenters. The molecule has 1 aliphatic heterocycles. The number of allylic oxidation sites excluding steroid dienone is 1. The lowest BCUT2D eigenvalue weighted by atomic mass is 9.72. The molecule has 4 aromatic rings. The van der Waals surface area contributed by atoms with Crippen LogP contribution in [-0.4, -0.2) is 35.6 Å². The van der Waals surface area contributed by atoms with Gasteiger partial charge in [-0.05, 0) is 48.1 Å². The molecule has 0 amide bonds. The Morgan fingerprint density at radius 1 is 0.842 bits per heavy atom. The van der Waals surface area contributed by atoms with E-state index >= 15 is 0 Å². The van der Waals surface area contributed by atoms with Crippen LogP contribution in [0.2, 0.25) is 0 Å². The van der Waals surface area contributed by atoms with E-state index in [1.165, 1.54) is 39.4 Å². The summed E-state index contributed by atoms with van der Waals surface area (Å²) in [5.74, 6) is 0. The zero-order chi connectivity index (χ0) is 26.3. The molecule has 1 aromatic heterocycles. The van der Waals surface area contributed by atoms with E-state index in [-0.39, 0.29) is 5.41 Å². The molecule has 1 aliphatic carbocycles. The van der Waals surface area contributed by atoms with Crippen LogP contribution < -0.4 is 16.0 Å². The van der Waals surface area contributed by atoms with Gasteiger partial charge in [-0.2, -0.15) is 0 Å². The maximum atomic E-state index is 4.63. The third kappa shape index (κ3) is 3.84. The molecule has 3 aromatic carbocycles. The summed E-state index contributed by atoms with van der Waals surface area (Å²) in [6.45, 7) is 19.9. The minimum Gasteiger partial charge on any atom is -0.388 e. The molecule has 0 saturated carbocycles. The molecule has 2 aliphatic rings. The Morgan fingerprint density at radius 2 is 1.39 bits per heavy atom. The molecule has 0 radical (unpaired) electrons. The van der Waals surface area contributed by atoms with Crippen LogP contribution >= 0.6 is 0 Å². The summed E-state index contributed by atoms with van der Waals surface area (Å²) in [7, 11) is 0. The third-order valence-electron chi connectivity index (χ3n) is 8.88. The van der Waals surface area contributed by atoms with Gasteiger partial charge < -0.3 is 9.88 Å². The Balaban J connectivity index is 1.15. The molecule has 0 unspecified atom stereocenters. The SMILES string of the molecule is C=C(NCCC)C1(CCCCN2CC(n3c(=C)c4ccccc4c3=C)C2)c2ccccc2-c2ccccc21. The summed E-state index contributed by atoms with van der Waals surface area (Å²) in [6.07, 6.45) is 4.51. The molecule has 38 heavy (non-hydrogen) atoms. The normalized spacial score (nSPS) is 16.2. The summed E-state index contributed by atoms with van der Waals surface area (Å²) < 4.78 is 2.37. The predicted octanol–water partition coefficient (Wildman–Crippen LogP) is 5.97. The van der Waals surface area contributed by atoms with Gasteiger partial charge in [0.05, 0.1) is 11.5 Å². The number of likely N-dealkylation sites (tertiary alicyclic amines) is 1. The molecule has 1 N–H and O–H groups in total. The lowest BCUT2D eigenvalue weighted by molar-refractivity contribution is 0.102. The van der Waals surface area contributed by atoms with E-state index in [9.17, 15) is 0 Å². The number of fused-ring (bicyclic) bond motifs is 4. The molecule has 0 spiro atoms. The largest absolute Gasteiger partial charge is 0.388 e. The summed E-state index contributed by atoms with van der Waals surface area (Å²) >= 11 is 0. The van der Waals surface area contributed by atoms with Crippen LogP contribution in [0.4, 0.5) is 0 Å². The van der Waals surface area contributed by atoms with Crippen LogP contribution in [0.3, 0.4) is 0 Å². The standard InChI is InChI=1S/C35H39N3/c1-5-21-36-27(4)35(33-18-10-8-16-31(33)32-17-9-11-19-34(32)35)20-12-13-22-37-23-28(24-37)38-25(2)29-14-6-7-15-30(29)26(38)3/h6-11,14-19,28,36H,2-5,12-13,20-24H2,1H3. The molecule has 1 saturated heterocycles. The summed E-state index contributed by atoms with van der Waals surface area (Å²) in [4.78, 5) is 2.58. The van der Waals surface area contributed by atoms with Crippen molar-refractivity contribution in [2.24, 2.45) is 0 Å². The Bertz CT molecular complexity index is 1490. The van der Waals surface area contributed by atoms with Crippen molar-refractivity contribution in [3.05, 3.63) is 107 Å². The number of rotatable bonds is 10. The van der Waals surface area contributed by atoms with Gasteiger partial charge in [0.1, 0.15) is 0 Å². The molecule has 2 heterocycles. The second-order valence-corrected chi connectivity index (χ2v) is 11.1. The summed E-state index contributed by atoms with van der Waals surface area (Å²) in [5, 5.41) is 8.37. The fourth-order valence-electron chi connectivity index (χ4n) is 6.96. The number of unbranched alkanes of at least 4 members (excludes halogenated alkanes) is 1. The first-order valence-electron chi connectivity index (χ1n) is 14.2. The molecule has 3 heteroatoms. The quantitative estimate of drug-likeness (QED) is 0.270. The van der Waals surface area contributed by atoms with Crippen molar-refractivity contribution in [2.75, 3.05) is 26.2 Å². The van der Waals surface area contributed by atoms with Crippen molar-refractivity contribution in [2.45, 2.75) is 44.1 Å². The Labute approximate surface area is 226 Å². The van der Waals surface area contributed by atoms with Crippen LogP contribution in [-0.2, 0) is 5.41 Å². The van der Waals surface area contributed by atoms with Crippen molar-refractivity contribution in [3.8, 4) is 11.1 Å². The van der Waals surface area contributed by atoms with Gasteiger partial charge in [0, 0.05) is 46.8 Å². The number of hydrogen-bond donors (Lipinski definition) is 1. The van der Waals surface area contributed by atoms with Crippen LogP contribution in [0.1, 0.15) is 49.8 Å². The van der Waals surface area contributed by atoms with Crippen molar-refractivity contribution in [3.63, 3.8) is 0 Å². The van der Waals surface area contributed by atoms with Gasteiger partial charge in [0.15, 0.2) is 0 Å². The van der Waals surface area contributed by atoms with Gasteiger partial charge in [0.2, 0.25) is 0 Å². The van der Waals surface area contributed by atoms with Gasteiger partial charge in [-0.3, -0.25) is 4.90 Å². The van der Waals surface area contributed by atoms with E-state index in [1.54, 1.807) is 0 Å². The van der Waals surface area contributed by atoms with Gasteiger partial charge in [-0.1, -0.05) is 106 Å². The highest BCUT2D eigenvalue weighted by molar-refractivity contribution is 5.84. The van der Waals surface area contributed by atoms with E-state index in [0.717, 1.165) is 61.8 Å². The number of nitrogens with zero attached hydrogens (tertiary/aromatic N) is 2. The molecule has 3 nitrogen and oxygen atoms in total.